The van der Waals surface area contributed by atoms with Crippen LogP contribution in [-0.2, 0) is 11.3 Å². The van der Waals surface area contributed by atoms with Crippen LogP contribution in [0.3, 0.4) is 0 Å². The lowest BCUT2D eigenvalue weighted by molar-refractivity contribution is -0.750. The van der Waals surface area contributed by atoms with Gasteiger partial charge >= 0.3 is 5.63 Å². The first-order valence-corrected chi connectivity index (χ1v) is 5.48. The van der Waals surface area contributed by atoms with Gasteiger partial charge in [-0.3, -0.25) is 9.32 Å². The molecule has 0 unspecified atom stereocenters. The third-order valence-corrected chi connectivity index (χ3v) is 2.50. The molecule has 98 valence electrons. The fourth-order valence-corrected chi connectivity index (χ4v) is 1.69. The minimum Gasteiger partial charge on any atom is -0.454 e. The number of rotatable bonds is 3. The summed E-state index contributed by atoms with van der Waals surface area (Å²) >= 11 is 0. The van der Waals surface area contributed by atoms with E-state index in [9.17, 15) is 9.59 Å². The summed E-state index contributed by atoms with van der Waals surface area (Å²) in [5.41, 5.74) is 0.0385. The van der Waals surface area contributed by atoms with E-state index < -0.39 is 5.63 Å². The van der Waals surface area contributed by atoms with Crippen LogP contribution in [0.5, 0.6) is 11.5 Å². The van der Waals surface area contributed by atoms with Crippen molar-refractivity contribution in [2.45, 2.75) is 6.54 Å². The lowest BCUT2D eigenvalue weighted by Gasteiger charge is -2.03. The average molecular weight is 264 g/mol. The number of carbonyl (C=O) groups is 1. The minimum atomic E-state index is -0.545. The molecule has 0 aliphatic carbocycles. The molecule has 0 saturated carbocycles. The number of aromatic nitrogens is 2. The van der Waals surface area contributed by atoms with Crippen molar-refractivity contribution in [2.75, 3.05) is 12.1 Å². The molecule has 2 heterocycles. The molecule has 1 aliphatic rings. The van der Waals surface area contributed by atoms with Crippen molar-refractivity contribution in [3.05, 3.63) is 34.8 Å². The number of hydrogen-bond donors (Lipinski definition) is 2. The van der Waals surface area contributed by atoms with Crippen LogP contribution in [0.4, 0.5) is 5.69 Å². The van der Waals surface area contributed by atoms with Crippen LogP contribution in [0.25, 0.3) is 0 Å². The van der Waals surface area contributed by atoms with Gasteiger partial charge in [-0.15, -0.1) is 0 Å². The zero-order chi connectivity index (χ0) is 13.2. The molecule has 0 spiro atoms. The molecule has 0 bridgehead atoms. The molecule has 8 heteroatoms. The van der Waals surface area contributed by atoms with Crippen molar-refractivity contribution >= 4 is 11.6 Å². The maximum Gasteiger partial charge on any atom is 0.426 e. The fourth-order valence-electron chi connectivity index (χ4n) is 1.69. The maximum atomic E-state index is 11.7. The highest BCUT2D eigenvalue weighted by molar-refractivity contribution is 5.90. The molecular formula is C11H10N3O5+. The number of carbonyl (C=O) groups excluding carboxylic acids is 1. The van der Waals surface area contributed by atoms with Gasteiger partial charge in [0.2, 0.25) is 6.79 Å². The van der Waals surface area contributed by atoms with Crippen LogP contribution in [0.1, 0.15) is 0 Å². The van der Waals surface area contributed by atoms with Crippen molar-refractivity contribution in [3.63, 3.8) is 0 Å². The average Bonchev–Trinajstić information content (AvgIpc) is 2.97. The van der Waals surface area contributed by atoms with Crippen molar-refractivity contribution in [1.29, 1.82) is 0 Å². The summed E-state index contributed by atoms with van der Waals surface area (Å²) in [4.78, 5) is 22.5. The number of nitrogens with one attached hydrogen (secondary N) is 2. The third-order valence-electron chi connectivity index (χ3n) is 2.50. The monoisotopic (exact) mass is 264 g/mol. The Morgan fingerprint density at radius 2 is 2.21 bits per heavy atom. The van der Waals surface area contributed by atoms with Crippen LogP contribution in [-0.4, -0.2) is 18.0 Å². The summed E-state index contributed by atoms with van der Waals surface area (Å²) in [6.45, 7) is 0.124. The normalized spacial score (nSPS) is 12.4. The molecule has 0 atom stereocenters. The zero-order valence-corrected chi connectivity index (χ0v) is 9.71. The van der Waals surface area contributed by atoms with Gasteiger partial charge in [0.25, 0.3) is 18.6 Å². The number of fused-ring (bicyclic) bond motifs is 1. The Morgan fingerprint density at radius 3 is 3.00 bits per heavy atom. The van der Waals surface area contributed by atoms with Gasteiger partial charge in [0.1, 0.15) is 0 Å². The summed E-state index contributed by atoms with van der Waals surface area (Å²) in [6, 6.07) is 5.09. The van der Waals surface area contributed by atoms with E-state index in [0.29, 0.717) is 17.2 Å². The molecule has 0 radical (unpaired) electrons. The Morgan fingerprint density at radius 1 is 1.37 bits per heavy atom. The summed E-state index contributed by atoms with van der Waals surface area (Å²) in [5, 5.41) is 4.96. The van der Waals surface area contributed by atoms with Gasteiger partial charge < -0.3 is 14.8 Å². The second-order valence-corrected chi connectivity index (χ2v) is 3.89. The van der Waals surface area contributed by atoms with Crippen LogP contribution in [0, 0.1) is 0 Å². The van der Waals surface area contributed by atoms with E-state index in [1.807, 2.05) is 0 Å². The van der Waals surface area contributed by atoms with Gasteiger partial charge in [0.15, 0.2) is 11.5 Å². The van der Waals surface area contributed by atoms with Crippen molar-refractivity contribution in [2.24, 2.45) is 0 Å². The number of anilines is 1. The number of aromatic amines is 1. The van der Waals surface area contributed by atoms with Crippen LogP contribution >= 0.6 is 0 Å². The summed E-state index contributed by atoms with van der Waals surface area (Å²) < 4.78 is 16.0. The number of H-pyrrole nitrogens is 1. The molecule has 1 aromatic heterocycles. The minimum absolute atomic E-state index is 0.0554. The Bertz CT molecular complexity index is 675. The van der Waals surface area contributed by atoms with Gasteiger partial charge in [-0.1, -0.05) is 4.68 Å². The first-order valence-electron chi connectivity index (χ1n) is 5.48. The van der Waals surface area contributed by atoms with E-state index in [4.69, 9.17) is 9.47 Å². The molecule has 0 fully saturated rings. The lowest BCUT2D eigenvalue weighted by atomic mass is 10.3. The van der Waals surface area contributed by atoms with Gasteiger partial charge in [0.05, 0.1) is 0 Å². The second-order valence-electron chi connectivity index (χ2n) is 3.89. The highest BCUT2D eigenvalue weighted by Crippen LogP contribution is 2.34. The summed E-state index contributed by atoms with van der Waals surface area (Å²) in [6.07, 6.45) is 1.15. The zero-order valence-electron chi connectivity index (χ0n) is 9.71. The van der Waals surface area contributed by atoms with E-state index in [0.717, 1.165) is 6.20 Å². The molecule has 0 saturated heterocycles. The van der Waals surface area contributed by atoms with E-state index in [1.165, 1.54) is 4.68 Å². The molecule has 1 aliphatic heterocycles. The van der Waals surface area contributed by atoms with Gasteiger partial charge in [0, 0.05) is 11.8 Å². The van der Waals surface area contributed by atoms with E-state index in [-0.39, 0.29) is 19.2 Å². The fraction of sp³-hybridized carbons (Fsp3) is 0.182. The SMILES string of the molecule is O=C(C[n+]1cc(=O)o[nH]1)Nc1ccc2c(c1)OCO2. The highest BCUT2D eigenvalue weighted by Gasteiger charge is 2.16. The number of ether oxygens (including phenoxy) is 2. The lowest BCUT2D eigenvalue weighted by Crippen LogP contribution is -2.41. The Labute approximate surface area is 106 Å². The molecule has 2 aromatic rings. The third kappa shape index (κ3) is 2.41. The van der Waals surface area contributed by atoms with Gasteiger partial charge in [-0.25, -0.2) is 4.79 Å². The van der Waals surface area contributed by atoms with E-state index in [2.05, 4.69) is 15.1 Å². The van der Waals surface area contributed by atoms with Gasteiger partial charge in [-0.05, 0) is 17.4 Å². The maximum absolute atomic E-state index is 11.7. The van der Waals surface area contributed by atoms with Crippen molar-refractivity contribution in [3.8, 4) is 11.5 Å². The topological polar surface area (TPSA) is 97.4 Å². The van der Waals surface area contributed by atoms with Crippen molar-refractivity contribution in [1.82, 2.24) is 5.27 Å². The first-order chi connectivity index (χ1) is 9.20. The predicted octanol–water partition coefficient (Wildman–Crippen LogP) is -0.377. The molecule has 1 amide bonds. The van der Waals surface area contributed by atoms with E-state index in [1.54, 1.807) is 18.2 Å². The molecule has 3 rings (SSSR count). The predicted molar refractivity (Wildman–Crippen MR) is 60.7 cm³/mol. The van der Waals surface area contributed by atoms with E-state index >= 15 is 0 Å². The molecule has 2 N–H and O–H groups in total. The summed E-state index contributed by atoms with van der Waals surface area (Å²) in [5.74, 6) is 0.926. The number of nitrogens with zero attached hydrogens (tertiary/aromatic N) is 1. The van der Waals surface area contributed by atoms with Crippen LogP contribution in [0.15, 0.2) is 33.7 Å². The number of benzene rings is 1. The van der Waals surface area contributed by atoms with Crippen LogP contribution < -0.4 is 25.1 Å². The molecule has 8 nitrogen and oxygen atoms in total. The largest absolute Gasteiger partial charge is 0.454 e. The summed E-state index contributed by atoms with van der Waals surface area (Å²) in [7, 11) is 0. The number of hydrogen-bond acceptors (Lipinski definition) is 5. The Kier molecular flexibility index (Phi) is 2.67. The Balaban J connectivity index is 1.68. The molecule has 1 aromatic carbocycles. The second kappa shape index (κ2) is 4.48. The molecule has 19 heavy (non-hydrogen) atoms. The van der Waals surface area contributed by atoms with Gasteiger partial charge in [-0.2, -0.15) is 0 Å². The number of amides is 1. The first kappa shape index (κ1) is 11.3. The highest BCUT2D eigenvalue weighted by atomic mass is 16.7. The van der Waals surface area contributed by atoms with Crippen molar-refractivity contribution < 1.29 is 23.5 Å². The standard InChI is InChI=1S/C11H9N3O5/c15-10(4-14-5-11(16)19-13-14)12-7-1-2-8-9(3-7)18-6-17-8/h1-3,5H,4,6H2,(H-,12,13,15,16)/p+1. The quantitative estimate of drug-likeness (QED) is 0.737. The van der Waals surface area contributed by atoms with Crippen LogP contribution in [0.2, 0.25) is 0 Å². The Hall–Kier alpha value is -2.77. The smallest absolute Gasteiger partial charge is 0.426 e. The molecular weight excluding hydrogens is 254 g/mol.